The summed E-state index contributed by atoms with van der Waals surface area (Å²) in [5, 5.41) is 12.0. The number of nitrogens with two attached hydrogens (primary N) is 1. The molecule has 0 aliphatic carbocycles. The van der Waals surface area contributed by atoms with Crippen LogP contribution < -0.4 is 5.73 Å². The van der Waals surface area contributed by atoms with Crippen molar-refractivity contribution in [3.8, 4) is 11.3 Å². The van der Waals surface area contributed by atoms with Gasteiger partial charge in [-0.1, -0.05) is 19.1 Å². The van der Waals surface area contributed by atoms with E-state index in [-0.39, 0.29) is 0 Å². The van der Waals surface area contributed by atoms with Crippen LogP contribution in [0, 0.1) is 13.8 Å². The summed E-state index contributed by atoms with van der Waals surface area (Å²) in [5.41, 5.74) is 10.3. The minimum atomic E-state index is -0.879. The molecule has 6 nitrogen and oxygen atoms in total. The fourth-order valence-electron chi connectivity index (χ4n) is 3.54. The maximum absolute atomic E-state index is 11.6. The van der Waals surface area contributed by atoms with Gasteiger partial charge in [-0.25, -0.2) is 4.79 Å². The van der Waals surface area contributed by atoms with Gasteiger partial charge in [-0.15, -0.1) is 0 Å². The molecule has 130 valence electrons. The number of fused-ring (bicyclic) bond motifs is 1. The molecule has 3 rings (SSSR count). The van der Waals surface area contributed by atoms with Crippen LogP contribution in [0.25, 0.3) is 22.2 Å². The topological polar surface area (TPSA) is 84.4 Å². The van der Waals surface area contributed by atoms with E-state index in [1.54, 1.807) is 12.4 Å². The zero-order chi connectivity index (χ0) is 18.1. The number of urea groups is 1. The van der Waals surface area contributed by atoms with Crippen molar-refractivity contribution in [2.75, 3.05) is 0 Å². The van der Waals surface area contributed by atoms with Gasteiger partial charge in [0.2, 0.25) is 0 Å². The Morgan fingerprint density at radius 3 is 2.68 bits per heavy atom. The van der Waals surface area contributed by atoms with Gasteiger partial charge in [0.15, 0.2) is 0 Å². The molecular formula is C19H22N4O2. The molecule has 0 bridgehead atoms. The number of aryl methyl sites for hydroxylation is 2. The Morgan fingerprint density at radius 2 is 2.08 bits per heavy atom. The summed E-state index contributed by atoms with van der Waals surface area (Å²) in [6.45, 7) is 6.01. The first kappa shape index (κ1) is 17.0. The molecule has 1 unspecified atom stereocenters. The number of primary amides is 1. The molecule has 2 aromatic heterocycles. The van der Waals surface area contributed by atoms with E-state index in [9.17, 15) is 10.0 Å². The zero-order valence-electron chi connectivity index (χ0n) is 14.6. The van der Waals surface area contributed by atoms with Crippen molar-refractivity contribution in [1.29, 1.82) is 0 Å². The molecule has 0 radical (unpaired) electrons. The highest BCUT2D eigenvalue weighted by Gasteiger charge is 2.27. The number of rotatable bonds is 4. The Morgan fingerprint density at radius 1 is 1.32 bits per heavy atom. The van der Waals surface area contributed by atoms with Gasteiger partial charge in [0.05, 0.1) is 11.2 Å². The molecule has 0 fully saturated rings. The first-order chi connectivity index (χ1) is 12.0. The van der Waals surface area contributed by atoms with E-state index in [2.05, 4.69) is 18.0 Å². The molecule has 6 heteroatoms. The lowest BCUT2D eigenvalue weighted by atomic mass is 10.0. The third kappa shape index (κ3) is 2.74. The van der Waals surface area contributed by atoms with Crippen molar-refractivity contribution in [1.82, 2.24) is 14.6 Å². The number of pyridine rings is 1. The summed E-state index contributed by atoms with van der Waals surface area (Å²) in [6.07, 6.45) is 3.40. The predicted octanol–water partition coefficient (Wildman–Crippen LogP) is 4.00. The molecule has 3 N–H and O–H groups in total. The lowest BCUT2D eigenvalue weighted by Gasteiger charge is -2.27. The highest BCUT2D eigenvalue weighted by atomic mass is 16.5. The Bertz CT molecular complexity index is 918. The molecule has 1 atom stereocenters. The van der Waals surface area contributed by atoms with Gasteiger partial charge in [-0.2, -0.15) is 5.06 Å². The summed E-state index contributed by atoms with van der Waals surface area (Å²) in [4.78, 5) is 15.8. The average Bonchev–Trinajstić information content (AvgIpc) is 2.90. The van der Waals surface area contributed by atoms with Crippen LogP contribution in [0.2, 0.25) is 0 Å². The van der Waals surface area contributed by atoms with E-state index in [0.717, 1.165) is 33.3 Å². The molecule has 0 aliphatic rings. The van der Waals surface area contributed by atoms with Crippen LogP contribution in [-0.4, -0.2) is 25.9 Å². The Balaban J connectivity index is 2.40. The van der Waals surface area contributed by atoms with E-state index in [0.29, 0.717) is 11.5 Å². The summed E-state index contributed by atoms with van der Waals surface area (Å²) in [7, 11) is 0. The molecule has 0 spiro atoms. The van der Waals surface area contributed by atoms with Crippen molar-refractivity contribution in [3.63, 3.8) is 0 Å². The first-order valence-electron chi connectivity index (χ1n) is 8.25. The Labute approximate surface area is 146 Å². The van der Waals surface area contributed by atoms with E-state index < -0.39 is 12.2 Å². The normalized spacial score (nSPS) is 12.3. The van der Waals surface area contributed by atoms with E-state index >= 15 is 0 Å². The van der Waals surface area contributed by atoms with Crippen molar-refractivity contribution in [2.45, 2.75) is 33.4 Å². The smallest absolute Gasteiger partial charge is 0.340 e. The fraction of sp³-hybridized carbons (Fsp3) is 0.263. The molecular weight excluding hydrogens is 316 g/mol. The minimum Gasteiger partial charge on any atom is -0.350 e. The molecule has 25 heavy (non-hydrogen) atoms. The highest BCUT2D eigenvalue weighted by molar-refractivity contribution is 5.94. The largest absolute Gasteiger partial charge is 0.350 e. The average molecular weight is 338 g/mol. The molecule has 0 saturated carbocycles. The van der Waals surface area contributed by atoms with Crippen LogP contribution in [0.4, 0.5) is 4.79 Å². The summed E-state index contributed by atoms with van der Waals surface area (Å²) in [5.74, 6) is 0. The van der Waals surface area contributed by atoms with Crippen molar-refractivity contribution in [2.24, 2.45) is 5.73 Å². The number of carbonyl (C=O) groups excluding carboxylic acids is 1. The quantitative estimate of drug-likeness (QED) is 0.557. The SMILES string of the molecule is CCC(N(O)C(N)=O)n1c(-c2cccnc2)c(C)c2c(C)cccc21. The summed E-state index contributed by atoms with van der Waals surface area (Å²) >= 11 is 0. The van der Waals surface area contributed by atoms with Crippen molar-refractivity contribution >= 4 is 16.9 Å². The lowest BCUT2D eigenvalue weighted by Crippen LogP contribution is -2.38. The molecule has 3 aromatic rings. The Kier molecular flexibility index (Phi) is 4.46. The minimum absolute atomic E-state index is 0.504. The van der Waals surface area contributed by atoms with Gasteiger partial charge >= 0.3 is 6.03 Å². The lowest BCUT2D eigenvalue weighted by molar-refractivity contribution is -0.0987. The highest BCUT2D eigenvalue weighted by Crippen LogP contribution is 2.38. The first-order valence-corrected chi connectivity index (χ1v) is 8.25. The number of hydrogen-bond donors (Lipinski definition) is 2. The monoisotopic (exact) mass is 338 g/mol. The summed E-state index contributed by atoms with van der Waals surface area (Å²) < 4.78 is 1.97. The third-order valence-electron chi connectivity index (χ3n) is 4.59. The predicted molar refractivity (Wildman–Crippen MR) is 97.2 cm³/mol. The van der Waals surface area contributed by atoms with E-state index in [1.807, 2.05) is 42.7 Å². The van der Waals surface area contributed by atoms with Crippen LogP contribution in [-0.2, 0) is 0 Å². The fourth-order valence-corrected chi connectivity index (χ4v) is 3.54. The number of nitrogens with zero attached hydrogens (tertiary/aromatic N) is 3. The maximum atomic E-state index is 11.6. The van der Waals surface area contributed by atoms with Gasteiger partial charge in [-0.3, -0.25) is 10.2 Å². The van der Waals surface area contributed by atoms with Crippen molar-refractivity contribution in [3.05, 3.63) is 53.9 Å². The molecule has 0 aliphatic heterocycles. The van der Waals surface area contributed by atoms with Crippen LogP contribution in [0.3, 0.4) is 0 Å². The van der Waals surface area contributed by atoms with E-state index in [1.165, 1.54) is 0 Å². The van der Waals surface area contributed by atoms with Crippen LogP contribution in [0.15, 0.2) is 42.7 Å². The van der Waals surface area contributed by atoms with Crippen molar-refractivity contribution < 1.29 is 10.0 Å². The maximum Gasteiger partial charge on any atom is 0.340 e. The van der Waals surface area contributed by atoms with Crippen LogP contribution in [0.1, 0.15) is 30.6 Å². The Hall–Kier alpha value is -2.86. The number of amides is 2. The number of hydroxylamine groups is 2. The van der Waals surface area contributed by atoms with Gasteiger partial charge in [0.25, 0.3) is 0 Å². The standard InChI is InChI=1S/C19H22N4O2/c1-4-16(23(25)19(20)24)22-15-9-5-7-12(2)17(15)13(3)18(22)14-8-6-10-21-11-14/h5-11,16,25H,4H2,1-3H3,(H2,20,24). The number of hydrogen-bond acceptors (Lipinski definition) is 3. The van der Waals surface area contributed by atoms with Gasteiger partial charge in [-0.05, 0) is 49.6 Å². The summed E-state index contributed by atoms with van der Waals surface area (Å²) in [6, 6.07) is 8.98. The third-order valence-corrected chi connectivity index (χ3v) is 4.59. The second-order valence-corrected chi connectivity index (χ2v) is 6.13. The zero-order valence-corrected chi connectivity index (χ0v) is 14.6. The second kappa shape index (κ2) is 6.57. The number of aromatic nitrogens is 2. The molecule has 2 heterocycles. The molecule has 0 saturated heterocycles. The van der Waals surface area contributed by atoms with Crippen LogP contribution >= 0.6 is 0 Å². The van der Waals surface area contributed by atoms with Crippen LogP contribution in [0.5, 0.6) is 0 Å². The van der Waals surface area contributed by atoms with Gasteiger partial charge in [0.1, 0.15) is 6.17 Å². The number of benzene rings is 1. The number of carbonyl (C=O) groups is 1. The van der Waals surface area contributed by atoms with Gasteiger partial charge in [0, 0.05) is 23.3 Å². The molecule has 1 aromatic carbocycles. The molecule has 2 amide bonds. The second-order valence-electron chi connectivity index (χ2n) is 6.13. The van der Waals surface area contributed by atoms with Gasteiger partial charge < -0.3 is 10.3 Å². The van der Waals surface area contributed by atoms with E-state index in [4.69, 9.17) is 5.73 Å².